The van der Waals surface area contributed by atoms with Gasteiger partial charge in [-0.1, -0.05) is 10.3 Å². The van der Waals surface area contributed by atoms with Gasteiger partial charge >= 0.3 is 6.09 Å². The SMILES string of the molecule is C[C@@H]1CN(c2c(C3OCCO3)cc3c(N4C[C@H](C=NO)OC4=O)noc3c2F)C[C@@H](C)O1. The van der Waals surface area contributed by atoms with Gasteiger partial charge in [-0.3, -0.25) is 4.90 Å². The molecule has 1 aromatic carbocycles. The Morgan fingerprint density at radius 3 is 2.62 bits per heavy atom. The fourth-order valence-corrected chi connectivity index (χ4v) is 4.44. The fourth-order valence-electron chi connectivity index (χ4n) is 4.44. The highest BCUT2D eigenvalue weighted by molar-refractivity contribution is 6.01. The van der Waals surface area contributed by atoms with Gasteiger partial charge in [-0.15, -0.1) is 0 Å². The Kier molecular flexibility index (Phi) is 5.35. The van der Waals surface area contributed by atoms with Gasteiger partial charge in [-0.05, 0) is 19.9 Å². The van der Waals surface area contributed by atoms with Crippen LogP contribution in [0.1, 0.15) is 25.7 Å². The molecule has 0 aliphatic carbocycles. The van der Waals surface area contributed by atoms with Crippen LogP contribution in [0.25, 0.3) is 11.0 Å². The highest BCUT2D eigenvalue weighted by Crippen LogP contribution is 2.42. The number of rotatable bonds is 4. The van der Waals surface area contributed by atoms with Crippen molar-refractivity contribution in [3.05, 3.63) is 17.4 Å². The summed E-state index contributed by atoms with van der Waals surface area (Å²) in [6.45, 7) is 5.63. The van der Waals surface area contributed by atoms with Gasteiger partial charge in [0.1, 0.15) is 0 Å². The lowest BCUT2D eigenvalue weighted by atomic mass is 10.0. The molecule has 3 fully saturated rings. The summed E-state index contributed by atoms with van der Waals surface area (Å²) in [5, 5.41) is 15.9. The molecule has 1 N–H and O–H groups in total. The molecule has 3 saturated heterocycles. The molecule has 172 valence electrons. The molecule has 0 saturated carbocycles. The van der Waals surface area contributed by atoms with Crippen LogP contribution in [-0.4, -0.2) is 73.8 Å². The fraction of sp³-hybridized carbons (Fsp3) is 0.550. The van der Waals surface area contributed by atoms with E-state index in [9.17, 15) is 4.79 Å². The molecule has 0 spiro atoms. The van der Waals surface area contributed by atoms with Crippen molar-refractivity contribution in [3.63, 3.8) is 0 Å². The first kappa shape index (κ1) is 20.9. The number of ether oxygens (including phenoxy) is 4. The van der Waals surface area contributed by atoms with E-state index in [1.165, 1.54) is 4.90 Å². The molecule has 3 aliphatic rings. The van der Waals surface area contributed by atoms with Gasteiger partial charge in [-0.25, -0.2) is 9.18 Å². The van der Waals surface area contributed by atoms with Gasteiger partial charge in [-0.2, -0.15) is 0 Å². The number of halogens is 1. The molecule has 2 aromatic rings. The molecule has 32 heavy (non-hydrogen) atoms. The quantitative estimate of drug-likeness (QED) is 0.425. The summed E-state index contributed by atoms with van der Waals surface area (Å²) in [6, 6.07) is 1.68. The lowest BCUT2D eigenvalue weighted by molar-refractivity contribution is -0.0445. The van der Waals surface area contributed by atoms with Gasteiger partial charge in [0.15, 0.2) is 24.0 Å². The van der Waals surface area contributed by atoms with Crippen molar-refractivity contribution in [3.8, 4) is 0 Å². The number of oxime groups is 1. The molecule has 4 heterocycles. The number of benzene rings is 1. The van der Waals surface area contributed by atoms with Crippen LogP contribution in [0.4, 0.5) is 20.7 Å². The van der Waals surface area contributed by atoms with E-state index in [4.69, 9.17) is 28.7 Å². The molecule has 5 rings (SSSR count). The third kappa shape index (κ3) is 3.53. The summed E-state index contributed by atoms with van der Waals surface area (Å²) < 4.78 is 43.5. The maximum absolute atomic E-state index is 15.9. The van der Waals surface area contributed by atoms with Gasteiger partial charge in [0, 0.05) is 18.7 Å². The Morgan fingerprint density at radius 2 is 1.94 bits per heavy atom. The normalized spacial score (nSPS) is 27.2. The second-order valence-electron chi connectivity index (χ2n) is 8.04. The molecule has 1 amide bonds. The third-order valence-electron chi connectivity index (χ3n) is 5.62. The van der Waals surface area contributed by atoms with Crippen molar-refractivity contribution in [1.29, 1.82) is 0 Å². The van der Waals surface area contributed by atoms with Crippen LogP contribution in [0.15, 0.2) is 15.7 Å². The van der Waals surface area contributed by atoms with Crippen LogP contribution in [0.2, 0.25) is 0 Å². The minimum atomic E-state index is -0.764. The number of nitrogens with zero attached hydrogens (tertiary/aromatic N) is 4. The van der Waals surface area contributed by atoms with Crippen LogP contribution in [0.3, 0.4) is 0 Å². The average Bonchev–Trinajstić information content (AvgIpc) is 3.47. The molecule has 3 aliphatic heterocycles. The standard InChI is InChI=1S/C20H23FN4O7/c1-10-7-24(8-11(2)30-10)16-13(19-28-3-4-29-19)5-14-17(15(16)21)32-23-18(14)25-9-12(6-22-27)31-20(25)26/h5-6,10-12,19,27H,3-4,7-9H2,1-2H3/t10-,11-,12+/m1/s1. The van der Waals surface area contributed by atoms with Crippen LogP contribution in [0, 0.1) is 5.82 Å². The Balaban J connectivity index is 1.61. The highest BCUT2D eigenvalue weighted by atomic mass is 19.1. The second-order valence-corrected chi connectivity index (χ2v) is 8.04. The van der Waals surface area contributed by atoms with Crippen LogP contribution >= 0.6 is 0 Å². The van der Waals surface area contributed by atoms with Gasteiger partial charge in [0.2, 0.25) is 5.58 Å². The Morgan fingerprint density at radius 1 is 1.22 bits per heavy atom. The minimum absolute atomic E-state index is 0.0398. The Hall–Kier alpha value is -2.96. The number of cyclic esters (lactones) is 1. The van der Waals surface area contributed by atoms with Gasteiger partial charge in [0.05, 0.1) is 49.3 Å². The number of carbonyl (C=O) groups excluding carboxylic acids is 1. The van der Waals surface area contributed by atoms with Crippen LogP contribution < -0.4 is 9.80 Å². The van der Waals surface area contributed by atoms with Crippen molar-refractivity contribution in [2.45, 2.75) is 38.4 Å². The molecule has 11 nitrogen and oxygen atoms in total. The van der Waals surface area contributed by atoms with Crippen LogP contribution in [-0.2, 0) is 18.9 Å². The zero-order valence-corrected chi connectivity index (χ0v) is 17.6. The van der Waals surface area contributed by atoms with E-state index >= 15 is 4.39 Å². The van der Waals surface area contributed by atoms with Crippen molar-refractivity contribution >= 4 is 34.8 Å². The number of fused-ring (bicyclic) bond motifs is 1. The molecule has 0 radical (unpaired) electrons. The van der Waals surface area contributed by atoms with E-state index < -0.39 is 24.3 Å². The molecule has 12 heteroatoms. The monoisotopic (exact) mass is 450 g/mol. The van der Waals surface area contributed by atoms with E-state index in [0.29, 0.717) is 37.6 Å². The van der Waals surface area contributed by atoms with Crippen molar-refractivity contribution in [1.82, 2.24) is 5.16 Å². The first-order valence-corrected chi connectivity index (χ1v) is 10.4. The summed E-state index contributed by atoms with van der Waals surface area (Å²) in [4.78, 5) is 15.4. The molecular formula is C20H23FN4O7. The Bertz CT molecular complexity index is 1040. The van der Waals surface area contributed by atoms with E-state index in [2.05, 4.69) is 10.3 Å². The topological polar surface area (TPSA) is 119 Å². The maximum atomic E-state index is 15.9. The number of hydrogen-bond donors (Lipinski definition) is 1. The predicted octanol–water partition coefficient (Wildman–Crippen LogP) is 2.41. The zero-order valence-electron chi connectivity index (χ0n) is 17.6. The lowest BCUT2D eigenvalue weighted by Gasteiger charge is -2.38. The van der Waals surface area contributed by atoms with E-state index in [0.717, 1.165) is 6.21 Å². The summed E-state index contributed by atoms with van der Waals surface area (Å²) >= 11 is 0. The Labute approximate surface area is 182 Å². The number of amides is 1. The number of aromatic nitrogens is 1. The lowest BCUT2D eigenvalue weighted by Crippen LogP contribution is -2.46. The molecular weight excluding hydrogens is 427 g/mol. The largest absolute Gasteiger partial charge is 0.438 e. The van der Waals surface area contributed by atoms with E-state index in [1.54, 1.807) is 6.07 Å². The van der Waals surface area contributed by atoms with Gasteiger partial charge in [0.25, 0.3) is 0 Å². The summed E-state index contributed by atoms with van der Waals surface area (Å²) in [5.41, 5.74) is 0.707. The predicted molar refractivity (Wildman–Crippen MR) is 109 cm³/mol. The minimum Gasteiger partial charge on any atom is -0.438 e. The van der Waals surface area contributed by atoms with Crippen molar-refractivity contribution < 1.29 is 37.9 Å². The highest BCUT2D eigenvalue weighted by Gasteiger charge is 2.38. The molecule has 3 atom stereocenters. The molecule has 1 aromatic heterocycles. The summed E-state index contributed by atoms with van der Waals surface area (Å²) in [6.07, 6.45) is -1.34. The third-order valence-corrected chi connectivity index (χ3v) is 5.62. The smallest absolute Gasteiger partial charge is 0.416 e. The van der Waals surface area contributed by atoms with Crippen LogP contribution in [0.5, 0.6) is 0 Å². The van der Waals surface area contributed by atoms with E-state index in [-0.39, 0.29) is 35.5 Å². The number of morpholine rings is 1. The first-order valence-electron chi connectivity index (χ1n) is 10.4. The van der Waals surface area contributed by atoms with E-state index in [1.807, 2.05) is 18.7 Å². The zero-order chi connectivity index (χ0) is 22.4. The number of hydrogen-bond acceptors (Lipinski definition) is 10. The molecule has 0 bridgehead atoms. The second kappa shape index (κ2) is 8.19. The average molecular weight is 450 g/mol. The van der Waals surface area contributed by atoms with Crippen molar-refractivity contribution in [2.75, 3.05) is 42.6 Å². The summed E-state index contributed by atoms with van der Waals surface area (Å²) in [5.74, 6) is -0.509. The summed E-state index contributed by atoms with van der Waals surface area (Å²) in [7, 11) is 0. The number of anilines is 2. The first-order chi connectivity index (χ1) is 15.5. The maximum Gasteiger partial charge on any atom is 0.416 e. The number of carbonyl (C=O) groups is 1. The van der Waals surface area contributed by atoms with Gasteiger partial charge < -0.3 is 33.6 Å². The molecule has 0 unspecified atom stereocenters. The van der Waals surface area contributed by atoms with Crippen molar-refractivity contribution in [2.24, 2.45) is 5.16 Å².